The summed E-state index contributed by atoms with van der Waals surface area (Å²) in [5.74, 6) is -0.442. The van der Waals surface area contributed by atoms with Crippen LogP contribution in [0.2, 0.25) is 0 Å². The molecule has 1 aromatic carbocycles. The minimum atomic E-state index is -3.13. The van der Waals surface area contributed by atoms with E-state index in [-0.39, 0.29) is 17.6 Å². The minimum absolute atomic E-state index is 0.100. The fraction of sp³-hybridized carbons (Fsp3) is 0.417. The molecule has 0 saturated heterocycles. The van der Waals surface area contributed by atoms with E-state index in [9.17, 15) is 8.42 Å². The molecule has 1 fully saturated rings. The summed E-state index contributed by atoms with van der Waals surface area (Å²) in [6.45, 7) is 1.63. The highest BCUT2D eigenvalue weighted by atomic mass is 79.9. The van der Waals surface area contributed by atoms with Crippen molar-refractivity contribution in [2.75, 3.05) is 5.75 Å². The third-order valence-electron chi connectivity index (χ3n) is 3.17. The molecule has 1 aliphatic carbocycles. The van der Waals surface area contributed by atoms with E-state index >= 15 is 0 Å². The van der Waals surface area contributed by atoms with Crippen molar-refractivity contribution >= 4 is 25.8 Å². The molecule has 3 nitrogen and oxygen atoms in total. The predicted octanol–water partition coefficient (Wildman–Crippen LogP) is 2.49. The lowest BCUT2D eigenvalue weighted by Gasteiger charge is -2.00. The molecule has 0 N–H and O–H groups in total. The molecule has 0 radical (unpaired) electrons. The summed E-state index contributed by atoms with van der Waals surface area (Å²) < 4.78 is 24.6. The molecule has 2 rings (SSSR count). The van der Waals surface area contributed by atoms with Gasteiger partial charge in [-0.15, -0.1) is 0 Å². The molecule has 0 spiro atoms. The van der Waals surface area contributed by atoms with Crippen LogP contribution >= 0.6 is 15.9 Å². The van der Waals surface area contributed by atoms with Crippen LogP contribution in [0.1, 0.15) is 18.4 Å². The molecule has 0 bridgehead atoms. The van der Waals surface area contributed by atoms with E-state index in [1.807, 2.05) is 24.3 Å². The lowest BCUT2D eigenvalue weighted by Crippen LogP contribution is -2.12. The van der Waals surface area contributed by atoms with Gasteiger partial charge in [0.15, 0.2) is 9.84 Å². The SMILES string of the molecule is CCS(=O)(=O)[C@H]1[C@H](C#N)[C@@H]1c1ccc(Br)cc1. The van der Waals surface area contributed by atoms with Crippen molar-refractivity contribution in [3.8, 4) is 6.07 Å². The first-order valence-corrected chi connectivity index (χ1v) is 7.88. The van der Waals surface area contributed by atoms with E-state index in [0.29, 0.717) is 0 Å². The van der Waals surface area contributed by atoms with Crippen LogP contribution < -0.4 is 0 Å². The van der Waals surface area contributed by atoms with Crippen LogP contribution in [0, 0.1) is 17.2 Å². The number of hydrogen-bond acceptors (Lipinski definition) is 3. The van der Waals surface area contributed by atoms with Gasteiger partial charge in [-0.1, -0.05) is 35.0 Å². The van der Waals surface area contributed by atoms with E-state index in [4.69, 9.17) is 5.26 Å². The topological polar surface area (TPSA) is 57.9 Å². The summed E-state index contributed by atoms with van der Waals surface area (Å²) in [6, 6.07) is 9.61. The van der Waals surface area contributed by atoms with Gasteiger partial charge in [0, 0.05) is 16.1 Å². The maximum absolute atomic E-state index is 11.8. The predicted molar refractivity (Wildman–Crippen MR) is 69.2 cm³/mol. The molecule has 0 aliphatic heterocycles. The molecular formula is C12H12BrNO2S. The summed E-state index contributed by atoms with van der Waals surface area (Å²) >= 11 is 3.33. The Labute approximate surface area is 110 Å². The highest BCUT2D eigenvalue weighted by Gasteiger charge is 2.58. The first-order valence-electron chi connectivity index (χ1n) is 5.38. The lowest BCUT2D eigenvalue weighted by atomic mass is 10.1. The van der Waals surface area contributed by atoms with Crippen LogP contribution in [0.4, 0.5) is 0 Å². The molecule has 90 valence electrons. The molecular weight excluding hydrogens is 302 g/mol. The monoisotopic (exact) mass is 313 g/mol. The molecule has 1 aliphatic rings. The number of benzene rings is 1. The summed E-state index contributed by atoms with van der Waals surface area (Å²) in [6.07, 6.45) is 0. The third-order valence-corrected chi connectivity index (χ3v) is 5.92. The van der Waals surface area contributed by atoms with E-state index in [1.165, 1.54) is 0 Å². The van der Waals surface area contributed by atoms with Gasteiger partial charge in [-0.2, -0.15) is 5.26 Å². The Kier molecular flexibility index (Phi) is 3.28. The lowest BCUT2D eigenvalue weighted by molar-refractivity contribution is 0.594. The quantitative estimate of drug-likeness (QED) is 0.861. The van der Waals surface area contributed by atoms with Crippen LogP contribution in [-0.4, -0.2) is 19.4 Å². The molecule has 1 saturated carbocycles. The van der Waals surface area contributed by atoms with Crippen molar-refractivity contribution in [2.24, 2.45) is 5.92 Å². The highest BCUT2D eigenvalue weighted by Crippen LogP contribution is 2.52. The van der Waals surface area contributed by atoms with Crippen molar-refractivity contribution in [3.05, 3.63) is 34.3 Å². The van der Waals surface area contributed by atoms with Crippen molar-refractivity contribution < 1.29 is 8.42 Å². The summed E-state index contributed by atoms with van der Waals surface area (Å²) in [5, 5.41) is 8.48. The van der Waals surface area contributed by atoms with Gasteiger partial charge < -0.3 is 0 Å². The molecule has 5 heteroatoms. The second-order valence-corrected chi connectivity index (χ2v) is 7.51. The zero-order valence-corrected chi connectivity index (χ0v) is 11.7. The summed E-state index contributed by atoms with van der Waals surface area (Å²) in [5.41, 5.74) is 0.932. The fourth-order valence-electron chi connectivity index (χ4n) is 2.16. The average molecular weight is 314 g/mol. The van der Waals surface area contributed by atoms with Crippen molar-refractivity contribution in [2.45, 2.75) is 18.1 Å². The first-order chi connectivity index (χ1) is 8.01. The molecule has 0 aromatic heterocycles. The molecule has 17 heavy (non-hydrogen) atoms. The van der Waals surface area contributed by atoms with E-state index in [0.717, 1.165) is 10.0 Å². The Bertz CT molecular complexity index is 559. The van der Waals surface area contributed by atoms with Gasteiger partial charge in [0.05, 0.1) is 17.2 Å². The maximum atomic E-state index is 11.8. The molecule has 1 aromatic rings. The molecule has 0 heterocycles. The first kappa shape index (κ1) is 12.6. The van der Waals surface area contributed by atoms with Gasteiger partial charge in [0.25, 0.3) is 0 Å². The minimum Gasteiger partial charge on any atom is -0.228 e. The molecule has 3 atom stereocenters. The number of sulfone groups is 1. The molecule has 0 amide bonds. The Morgan fingerprint density at radius 1 is 1.35 bits per heavy atom. The standard InChI is InChI=1S/C12H12BrNO2S/c1-2-17(15,16)12-10(7-14)11(12)8-3-5-9(13)6-4-8/h3-6,10-12H,2H2,1H3/t10-,11+,12+/m1/s1. The van der Waals surface area contributed by atoms with Crippen LogP contribution in [0.25, 0.3) is 0 Å². The van der Waals surface area contributed by atoms with E-state index in [1.54, 1.807) is 6.92 Å². The normalized spacial score (nSPS) is 27.5. The zero-order valence-electron chi connectivity index (χ0n) is 9.30. The Morgan fingerprint density at radius 2 is 1.94 bits per heavy atom. The number of rotatable bonds is 3. The zero-order chi connectivity index (χ0) is 12.6. The second-order valence-electron chi connectivity index (χ2n) is 4.15. The number of hydrogen-bond donors (Lipinski definition) is 0. The van der Waals surface area contributed by atoms with Crippen LogP contribution in [0.3, 0.4) is 0 Å². The fourth-order valence-corrected chi connectivity index (χ4v) is 4.17. The second kappa shape index (κ2) is 4.43. The summed E-state index contributed by atoms with van der Waals surface area (Å²) in [7, 11) is -3.13. The third kappa shape index (κ3) is 2.24. The highest BCUT2D eigenvalue weighted by molar-refractivity contribution is 9.10. The van der Waals surface area contributed by atoms with Crippen LogP contribution in [0.5, 0.6) is 0 Å². The smallest absolute Gasteiger partial charge is 0.154 e. The van der Waals surface area contributed by atoms with Crippen molar-refractivity contribution in [3.63, 3.8) is 0 Å². The van der Waals surface area contributed by atoms with E-state index in [2.05, 4.69) is 22.0 Å². The van der Waals surface area contributed by atoms with Gasteiger partial charge in [-0.3, -0.25) is 0 Å². The van der Waals surface area contributed by atoms with Gasteiger partial charge in [-0.25, -0.2) is 8.42 Å². The number of nitriles is 1. The van der Waals surface area contributed by atoms with Gasteiger partial charge >= 0.3 is 0 Å². The van der Waals surface area contributed by atoms with Crippen LogP contribution in [-0.2, 0) is 9.84 Å². The average Bonchev–Trinajstić information content (AvgIpc) is 3.05. The van der Waals surface area contributed by atoms with Crippen molar-refractivity contribution in [1.82, 2.24) is 0 Å². The Hall–Kier alpha value is -0.860. The van der Waals surface area contributed by atoms with Gasteiger partial charge in [0.1, 0.15) is 0 Å². The number of halogens is 1. The number of nitrogens with zero attached hydrogens (tertiary/aromatic N) is 1. The van der Waals surface area contributed by atoms with Gasteiger partial charge in [-0.05, 0) is 17.7 Å². The maximum Gasteiger partial charge on any atom is 0.154 e. The Morgan fingerprint density at radius 3 is 2.41 bits per heavy atom. The van der Waals surface area contributed by atoms with Gasteiger partial charge in [0.2, 0.25) is 0 Å². The van der Waals surface area contributed by atoms with Crippen LogP contribution in [0.15, 0.2) is 28.7 Å². The van der Waals surface area contributed by atoms with Crippen molar-refractivity contribution in [1.29, 1.82) is 5.26 Å². The molecule has 0 unspecified atom stereocenters. The van der Waals surface area contributed by atoms with E-state index < -0.39 is 15.1 Å². The largest absolute Gasteiger partial charge is 0.228 e. The summed E-state index contributed by atoms with van der Waals surface area (Å²) in [4.78, 5) is 0. The Balaban J connectivity index is 2.30.